The van der Waals surface area contributed by atoms with Crippen molar-refractivity contribution in [3.05, 3.63) is 35.9 Å². The van der Waals surface area contributed by atoms with Crippen LogP contribution in [-0.2, 0) is 20.7 Å². The molecule has 0 aromatic heterocycles. The van der Waals surface area contributed by atoms with Crippen LogP contribution in [0.1, 0.15) is 12.5 Å². The van der Waals surface area contributed by atoms with Crippen molar-refractivity contribution in [1.82, 2.24) is 4.90 Å². The number of rotatable bonds is 5. The Labute approximate surface area is 118 Å². The number of hydrogen-bond donors (Lipinski definition) is 1. The van der Waals surface area contributed by atoms with Gasteiger partial charge in [-0.2, -0.15) is 0 Å². The van der Waals surface area contributed by atoms with E-state index in [2.05, 4.69) is 0 Å². The van der Waals surface area contributed by atoms with E-state index in [0.29, 0.717) is 13.2 Å². The third-order valence-corrected chi connectivity index (χ3v) is 3.63. The minimum atomic E-state index is -0.904. The van der Waals surface area contributed by atoms with E-state index in [1.807, 2.05) is 37.3 Å². The number of amides is 1. The molecule has 1 aromatic rings. The monoisotopic (exact) mass is 277 g/mol. The second-order valence-electron chi connectivity index (χ2n) is 4.89. The van der Waals surface area contributed by atoms with E-state index < -0.39 is 11.9 Å². The average molecular weight is 277 g/mol. The van der Waals surface area contributed by atoms with Crippen LogP contribution >= 0.6 is 0 Å². The van der Waals surface area contributed by atoms with Gasteiger partial charge in [-0.1, -0.05) is 30.3 Å². The van der Waals surface area contributed by atoms with Crippen LogP contribution in [0.2, 0.25) is 0 Å². The molecule has 1 aliphatic heterocycles. The van der Waals surface area contributed by atoms with E-state index in [9.17, 15) is 14.7 Å². The molecule has 5 nitrogen and oxygen atoms in total. The summed E-state index contributed by atoms with van der Waals surface area (Å²) in [4.78, 5) is 25.2. The van der Waals surface area contributed by atoms with E-state index in [1.165, 1.54) is 0 Å². The fourth-order valence-corrected chi connectivity index (χ4v) is 2.55. The van der Waals surface area contributed by atoms with Gasteiger partial charge in [0.15, 0.2) is 0 Å². The molecule has 0 aliphatic carbocycles. The summed E-state index contributed by atoms with van der Waals surface area (Å²) in [7, 11) is 0. The zero-order valence-corrected chi connectivity index (χ0v) is 11.5. The molecule has 1 aromatic carbocycles. The number of likely N-dealkylation sites (N-methyl/N-ethyl adjacent to an activating group) is 1. The Morgan fingerprint density at radius 1 is 1.30 bits per heavy atom. The number of carboxylic acid groups (broad SMARTS) is 1. The molecule has 0 radical (unpaired) electrons. The second kappa shape index (κ2) is 6.52. The molecule has 1 amide bonds. The fraction of sp³-hybridized carbons (Fsp3) is 0.467. The maximum absolute atomic E-state index is 12.4. The number of carbonyl (C=O) groups is 2. The van der Waals surface area contributed by atoms with E-state index in [1.54, 1.807) is 4.90 Å². The van der Waals surface area contributed by atoms with Crippen molar-refractivity contribution in [2.75, 3.05) is 19.8 Å². The Hall–Kier alpha value is -1.88. The lowest BCUT2D eigenvalue weighted by Crippen LogP contribution is -2.47. The van der Waals surface area contributed by atoms with Crippen molar-refractivity contribution in [3.8, 4) is 0 Å². The van der Waals surface area contributed by atoms with E-state index in [4.69, 9.17) is 4.74 Å². The number of nitrogens with zero attached hydrogens (tertiary/aromatic N) is 1. The largest absolute Gasteiger partial charge is 0.481 e. The predicted molar refractivity (Wildman–Crippen MR) is 73.3 cm³/mol. The first-order valence-corrected chi connectivity index (χ1v) is 6.77. The summed E-state index contributed by atoms with van der Waals surface area (Å²) >= 11 is 0. The first kappa shape index (κ1) is 14.5. The van der Waals surface area contributed by atoms with Crippen molar-refractivity contribution >= 4 is 11.9 Å². The second-order valence-corrected chi connectivity index (χ2v) is 4.89. The van der Waals surface area contributed by atoms with Gasteiger partial charge in [0.2, 0.25) is 5.91 Å². The number of hydrogen-bond acceptors (Lipinski definition) is 3. The van der Waals surface area contributed by atoms with Gasteiger partial charge >= 0.3 is 5.97 Å². The fourth-order valence-electron chi connectivity index (χ4n) is 2.55. The van der Waals surface area contributed by atoms with Gasteiger partial charge in [-0.3, -0.25) is 9.59 Å². The molecule has 2 rings (SSSR count). The highest BCUT2D eigenvalue weighted by Crippen LogP contribution is 2.21. The average Bonchev–Trinajstić information content (AvgIpc) is 2.90. The van der Waals surface area contributed by atoms with Gasteiger partial charge in [0.25, 0.3) is 0 Å². The maximum Gasteiger partial charge on any atom is 0.311 e. The van der Waals surface area contributed by atoms with Crippen molar-refractivity contribution < 1.29 is 19.4 Å². The van der Waals surface area contributed by atoms with E-state index in [-0.39, 0.29) is 25.0 Å². The Kier molecular flexibility index (Phi) is 4.74. The van der Waals surface area contributed by atoms with Crippen LogP contribution in [-0.4, -0.2) is 47.7 Å². The van der Waals surface area contributed by atoms with Crippen LogP contribution in [0.15, 0.2) is 30.3 Å². The SMILES string of the molecule is CCN(C(=O)Cc1ccccc1)C1COCC1C(=O)O. The third-order valence-electron chi connectivity index (χ3n) is 3.63. The normalized spacial score (nSPS) is 21.6. The van der Waals surface area contributed by atoms with Crippen molar-refractivity contribution in [3.63, 3.8) is 0 Å². The highest BCUT2D eigenvalue weighted by Gasteiger charge is 2.39. The molecule has 1 heterocycles. The molecule has 1 aliphatic rings. The lowest BCUT2D eigenvalue weighted by Gasteiger charge is -2.29. The van der Waals surface area contributed by atoms with Gasteiger partial charge in [-0.15, -0.1) is 0 Å². The van der Waals surface area contributed by atoms with E-state index in [0.717, 1.165) is 5.56 Å². The molecule has 2 atom stereocenters. The van der Waals surface area contributed by atoms with Gasteiger partial charge in [0.1, 0.15) is 5.92 Å². The quantitative estimate of drug-likeness (QED) is 0.877. The smallest absolute Gasteiger partial charge is 0.311 e. The molecule has 0 saturated carbocycles. The van der Waals surface area contributed by atoms with Crippen LogP contribution in [0.25, 0.3) is 0 Å². The lowest BCUT2D eigenvalue weighted by atomic mass is 10.0. The Morgan fingerprint density at radius 3 is 2.60 bits per heavy atom. The standard InChI is InChI=1S/C15H19NO4/c1-2-16(13-10-20-9-12(13)15(18)19)14(17)8-11-6-4-3-5-7-11/h3-7,12-13H,2,8-10H2,1H3,(H,18,19). The first-order valence-electron chi connectivity index (χ1n) is 6.77. The number of ether oxygens (including phenoxy) is 1. The zero-order valence-electron chi connectivity index (χ0n) is 11.5. The molecule has 0 bridgehead atoms. The first-order chi connectivity index (χ1) is 9.63. The lowest BCUT2D eigenvalue weighted by molar-refractivity contribution is -0.144. The summed E-state index contributed by atoms with van der Waals surface area (Å²) in [6.45, 7) is 2.82. The number of benzene rings is 1. The minimum Gasteiger partial charge on any atom is -0.481 e. The molecule has 2 unspecified atom stereocenters. The number of carbonyl (C=O) groups excluding carboxylic acids is 1. The molecule has 1 fully saturated rings. The van der Waals surface area contributed by atoms with Crippen LogP contribution in [0.3, 0.4) is 0 Å². The third kappa shape index (κ3) is 3.17. The Bertz CT molecular complexity index is 474. The summed E-state index contributed by atoms with van der Waals surface area (Å²) in [5, 5.41) is 9.18. The highest BCUT2D eigenvalue weighted by molar-refractivity contribution is 5.80. The van der Waals surface area contributed by atoms with Crippen molar-refractivity contribution in [2.24, 2.45) is 5.92 Å². The van der Waals surface area contributed by atoms with Gasteiger partial charge in [-0.25, -0.2) is 0 Å². The van der Waals surface area contributed by atoms with Crippen molar-refractivity contribution in [2.45, 2.75) is 19.4 Å². The topological polar surface area (TPSA) is 66.8 Å². The van der Waals surface area contributed by atoms with Crippen LogP contribution in [0.4, 0.5) is 0 Å². The van der Waals surface area contributed by atoms with Gasteiger partial charge in [0.05, 0.1) is 25.7 Å². The van der Waals surface area contributed by atoms with Gasteiger partial charge in [0, 0.05) is 6.54 Å². The number of carboxylic acids is 1. The minimum absolute atomic E-state index is 0.0551. The summed E-state index contributed by atoms with van der Waals surface area (Å²) in [5.74, 6) is -1.59. The predicted octanol–water partition coefficient (Wildman–Crippen LogP) is 1.18. The summed E-state index contributed by atoms with van der Waals surface area (Å²) < 4.78 is 5.24. The maximum atomic E-state index is 12.4. The summed E-state index contributed by atoms with van der Waals surface area (Å²) in [5.41, 5.74) is 0.932. The van der Waals surface area contributed by atoms with Gasteiger partial charge in [-0.05, 0) is 12.5 Å². The van der Waals surface area contributed by atoms with Crippen LogP contribution in [0, 0.1) is 5.92 Å². The van der Waals surface area contributed by atoms with Crippen molar-refractivity contribution in [1.29, 1.82) is 0 Å². The Morgan fingerprint density at radius 2 is 2.00 bits per heavy atom. The molecule has 108 valence electrons. The Balaban J connectivity index is 2.07. The molecule has 1 saturated heterocycles. The van der Waals surface area contributed by atoms with Crippen LogP contribution < -0.4 is 0 Å². The molecule has 0 spiro atoms. The summed E-state index contributed by atoms with van der Waals surface area (Å²) in [6.07, 6.45) is 0.289. The molecular weight excluding hydrogens is 258 g/mol. The zero-order chi connectivity index (χ0) is 14.5. The molecule has 5 heteroatoms. The number of aliphatic carboxylic acids is 1. The van der Waals surface area contributed by atoms with Crippen LogP contribution in [0.5, 0.6) is 0 Å². The highest BCUT2D eigenvalue weighted by atomic mass is 16.5. The molecule has 1 N–H and O–H groups in total. The molecular formula is C15H19NO4. The van der Waals surface area contributed by atoms with Gasteiger partial charge < -0.3 is 14.7 Å². The summed E-state index contributed by atoms with van der Waals surface area (Å²) in [6, 6.07) is 9.09. The van der Waals surface area contributed by atoms with E-state index >= 15 is 0 Å². The molecule has 20 heavy (non-hydrogen) atoms.